The number of allylic oxidation sites excluding steroid dienone is 1. The normalized spacial score (nSPS) is 11.1. The summed E-state index contributed by atoms with van der Waals surface area (Å²) >= 11 is 0. The van der Waals surface area contributed by atoms with Crippen LogP contribution in [-0.4, -0.2) is 31.3 Å². The van der Waals surface area contributed by atoms with Gasteiger partial charge in [0, 0.05) is 18.3 Å². The van der Waals surface area contributed by atoms with Crippen LogP contribution in [0.25, 0.3) is 0 Å². The summed E-state index contributed by atoms with van der Waals surface area (Å²) in [7, 11) is 1.52. The molecule has 1 aromatic carbocycles. The maximum absolute atomic E-state index is 11.2. The molecule has 0 amide bonds. The molecule has 0 saturated heterocycles. The second-order valence-electron chi connectivity index (χ2n) is 4.26. The zero-order valence-electron chi connectivity index (χ0n) is 12.1. The van der Waals surface area contributed by atoms with E-state index in [1.54, 1.807) is 19.1 Å². The van der Waals surface area contributed by atoms with Gasteiger partial charge in [-0.3, -0.25) is 0 Å². The van der Waals surface area contributed by atoms with E-state index in [9.17, 15) is 9.90 Å². The van der Waals surface area contributed by atoms with Gasteiger partial charge in [-0.05, 0) is 38.0 Å². The number of hydrogen-bond donors (Lipinski definition) is 2. The molecule has 5 nitrogen and oxygen atoms in total. The number of carbonyl (C=O) groups is 1. The highest BCUT2D eigenvalue weighted by Gasteiger charge is 2.03. The first kappa shape index (κ1) is 15.9. The molecular weight excluding hydrogens is 258 g/mol. The molecule has 110 valence electrons. The Labute approximate surface area is 119 Å². The first-order valence-electron chi connectivity index (χ1n) is 6.51. The average Bonchev–Trinajstić information content (AvgIpc) is 2.40. The number of benzene rings is 1. The van der Waals surface area contributed by atoms with Crippen LogP contribution in [-0.2, 0) is 16.0 Å². The van der Waals surface area contributed by atoms with E-state index in [4.69, 9.17) is 9.47 Å². The highest BCUT2D eigenvalue weighted by Crippen LogP contribution is 2.26. The van der Waals surface area contributed by atoms with Crippen LogP contribution in [0.1, 0.15) is 19.4 Å². The van der Waals surface area contributed by atoms with Crippen molar-refractivity contribution in [3.05, 3.63) is 35.5 Å². The zero-order valence-corrected chi connectivity index (χ0v) is 12.1. The summed E-state index contributed by atoms with van der Waals surface area (Å²) in [5, 5.41) is 12.6. The molecule has 0 radical (unpaired) electrons. The summed E-state index contributed by atoms with van der Waals surface area (Å²) in [6.45, 7) is 4.63. The minimum absolute atomic E-state index is 0.127. The van der Waals surface area contributed by atoms with Gasteiger partial charge in [0.15, 0.2) is 11.5 Å². The Hall–Kier alpha value is -2.17. The zero-order chi connectivity index (χ0) is 15.0. The summed E-state index contributed by atoms with van der Waals surface area (Å²) in [4.78, 5) is 11.2. The van der Waals surface area contributed by atoms with E-state index in [0.717, 1.165) is 17.7 Å². The lowest BCUT2D eigenvalue weighted by molar-refractivity contribution is -0.137. The maximum atomic E-state index is 11.2. The summed E-state index contributed by atoms with van der Waals surface area (Å²) in [5.74, 6) is 0.243. The molecule has 0 bridgehead atoms. The molecule has 1 rings (SSSR count). The first-order chi connectivity index (χ1) is 9.56. The van der Waals surface area contributed by atoms with Gasteiger partial charge in [-0.25, -0.2) is 4.79 Å². The third-order valence-corrected chi connectivity index (χ3v) is 2.68. The fourth-order valence-electron chi connectivity index (χ4n) is 1.69. The van der Waals surface area contributed by atoms with E-state index in [2.05, 4.69) is 5.32 Å². The van der Waals surface area contributed by atoms with E-state index in [1.807, 2.05) is 13.0 Å². The molecule has 0 aliphatic carbocycles. The highest BCUT2D eigenvalue weighted by molar-refractivity contribution is 5.82. The molecule has 0 fully saturated rings. The lowest BCUT2D eigenvalue weighted by Gasteiger charge is -2.09. The molecule has 0 aliphatic rings. The molecule has 0 spiro atoms. The molecular formula is C15H21NO4. The van der Waals surface area contributed by atoms with Crippen molar-refractivity contribution in [1.82, 2.24) is 5.32 Å². The smallest absolute Gasteiger partial charge is 0.332 e. The Kier molecular flexibility index (Phi) is 6.43. The number of aromatic hydroxyl groups is 1. The molecule has 0 saturated carbocycles. The highest BCUT2D eigenvalue weighted by atomic mass is 16.5. The van der Waals surface area contributed by atoms with Crippen LogP contribution in [0.4, 0.5) is 0 Å². The number of phenolic OH excluding ortho intramolecular Hbond substituents is 1. The lowest BCUT2D eigenvalue weighted by atomic mass is 10.1. The molecule has 0 unspecified atom stereocenters. The van der Waals surface area contributed by atoms with E-state index in [0.29, 0.717) is 18.9 Å². The predicted molar refractivity (Wildman–Crippen MR) is 76.8 cm³/mol. The van der Waals surface area contributed by atoms with Gasteiger partial charge in [-0.2, -0.15) is 0 Å². The van der Waals surface area contributed by atoms with Crippen LogP contribution in [0, 0.1) is 0 Å². The molecule has 2 N–H and O–H groups in total. The third kappa shape index (κ3) is 5.22. The Morgan fingerprint density at radius 3 is 2.85 bits per heavy atom. The van der Waals surface area contributed by atoms with Crippen LogP contribution >= 0.6 is 0 Å². The van der Waals surface area contributed by atoms with Crippen molar-refractivity contribution in [3.63, 3.8) is 0 Å². The minimum atomic E-state index is -0.344. The molecule has 0 heterocycles. The van der Waals surface area contributed by atoms with Gasteiger partial charge >= 0.3 is 5.97 Å². The second kappa shape index (κ2) is 8.09. The van der Waals surface area contributed by atoms with Crippen LogP contribution < -0.4 is 10.1 Å². The van der Waals surface area contributed by atoms with Crippen molar-refractivity contribution >= 4 is 5.97 Å². The van der Waals surface area contributed by atoms with Crippen LogP contribution in [0.2, 0.25) is 0 Å². The number of methoxy groups -OCH3 is 1. The molecule has 1 aromatic rings. The summed E-state index contributed by atoms with van der Waals surface area (Å²) in [6, 6.07) is 5.24. The molecule has 0 aliphatic heterocycles. The Bertz CT molecular complexity index is 483. The summed E-state index contributed by atoms with van der Waals surface area (Å²) in [6.07, 6.45) is 2.19. The van der Waals surface area contributed by atoms with Crippen LogP contribution in [0.15, 0.2) is 30.0 Å². The monoisotopic (exact) mass is 279 g/mol. The van der Waals surface area contributed by atoms with E-state index in [1.165, 1.54) is 13.2 Å². The molecule has 20 heavy (non-hydrogen) atoms. The van der Waals surface area contributed by atoms with Gasteiger partial charge in [0.1, 0.15) is 0 Å². The number of nitrogens with one attached hydrogen (secondary N) is 1. The van der Waals surface area contributed by atoms with E-state index in [-0.39, 0.29) is 11.7 Å². The average molecular weight is 279 g/mol. The van der Waals surface area contributed by atoms with Gasteiger partial charge in [-0.15, -0.1) is 0 Å². The predicted octanol–water partition coefficient (Wildman–Crippen LogP) is 2.00. The van der Waals surface area contributed by atoms with Crippen molar-refractivity contribution in [2.24, 2.45) is 0 Å². The molecule has 0 atom stereocenters. The van der Waals surface area contributed by atoms with Crippen molar-refractivity contribution in [2.75, 3.05) is 20.3 Å². The van der Waals surface area contributed by atoms with Crippen molar-refractivity contribution in [2.45, 2.75) is 20.3 Å². The van der Waals surface area contributed by atoms with Gasteiger partial charge < -0.3 is 19.9 Å². The van der Waals surface area contributed by atoms with Crippen molar-refractivity contribution in [1.29, 1.82) is 0 Å². The van der Waals surface area contributed by atoms with Gasteiger partial charge in [0.2, 0.25) is 0 Å². The number of ether oxygens (including phenoxy) is 2. The van der Waals surface area contributed by atoms with Crippen LogP contribution in [0.3, 0.4) is 0 Å². The Balaban J connectivity index is 2.46. The number of esters is 1. The van der Waals surface area contributed by atoms with Crippen LogP contribution in [0.5, 0.6) is 11.5 Å². The SMILES string of the molecule is CCOC(=O)/C=C(\C)NCCc1ccc(O)c(OC)c1. The number of hydrogen-bond acceptors (Lipinski definition) is 5. The number of carbonyl (C=O) groups excluding carboxylic acids is 1. The fourth-order valence-corrected chi connectivity index (χ4v) is 1.69. The minimum Gasteiger partial charge on any atom is -0.504 e. The van der Waals surface area contributed by atoms with Crippen molar-refractivity contribution < 1.29 is 19.4 Å². The number of phenols is 1. The molecule has 5 heteroatoms. The quantitative estimate of drug-likeness (QED) is 0.590. The number of rotatable bonds is 7. The Morgan fingerprint density at radius 1 is 1.45 bits per heavy atom. The van der Waals surface area contributed by atoms with Gasteiger partial charge in [0.25, 0.3) is 0 Å². The van der Waals surface area contributed by atoms with Crippen molar-refractivity contribution in [3.8, 4) is 11.5 Å². The molecule has 0 aromatic heterocycles. The van der Waals surface area contributed by atoms with Gasteiger partial charge in [-0.1, -0.05) is 6.07 Å². The Morgan fingerprint density at radius 2 is 2.20 bits per heavy atom. The summed E-state index contributed by atoms with van der Waals surface area (Å²) in [5.41, 5.74) is 1.80. The second-order valence-corrected chi connectivity index (χ2v) is 4.26. The third-order valence-electron chi connectivity index (χ3n) is 2.68. The fraction of sp³-hybridized carbons (Fsp3) is 0.400. The first-order valence-corrected chi connectivity index (χ1v) is 6.51. The largest absolute Gasteiger partial charge is 0.504 e. The van der Waals surface area contributed by atoms with Gasteiger partial charge in [0.05, 0.1) is 13.7 Å². The lowest BCUT2D eigenvalue weighted by Crippen LogP contribution is -2.16. The standard InChI is InChI=1S/C15H21NO4/c1-4-20-15(18)9-11(2)16-8-7-12-5-6-13(17)14(10-12)19-3/h5-6,9-10,16-17H,4,7-8H2,1-3H3/b11-9+. The summed E-state index contributed by atoms with van der Waals surface area (Å²) < 4.78 is 9.87. The van der Waals surface area contributed by atoms with E-state index >= 15 is 0 Å². The maximum Gasteiger partial charge on any atom is 0.332 e. The van der Waals surface area contributed by atoms with E-state index < -0.39 is 0 Å². The topological polar surface area (TPSA) is 67.8 Å².